The molecule has 0 spiro atoms. The van der Waals surface area contributed by atoms with Crippen LogP contribution in [0.25, 0.3) is 11.1 Å². The van der Waals surface area contributed by atoms with E-state index in [9.17, 15) is 13.2 Å². The van der Waals surface area contributed by atoms with E-state index in [0.29, 0.717) is 18.7 Å². The summed E-state index contributed by atoms with van der Waals surface area (Å²) in [6, 6.07) is 22.5. The van der Waals surface area contributed by atoms with Crippen LogP contribution < -0.4 is 14.4 Å². The van der Waals surface area contributed by atoms with E-state index in [2.05, 4.69) is 4.72 Å². The van der Waals surface area contributed by atoms with Crippen LogP contribution in [0.5, 0.6) is 5.75 Å². The number of sulfonamides is 1. The molecule has 3 aromatic rings. The summed E-state index contributed by atoms with van der Waals surface area (Å²) in [7, 11) is -2.14. The molecule has 0 aromatic heterocycles. The smallest absolute Gasteiger partial charge is 0.267 e. The lowest BCUT2D eigenvalue weighted by molar-refractivity contribution is -0.124. The Hall–Kier alpha value is -3.16. The van der Waals surface area contributed by atoms with E-state index in [0.717, 1.165) is 22.4 Å². The van der Waals surface area contributed by atoms with Crippen LogP contribution in [0.1, 0.15) is 12.5 Å². The number of amides is 1. The van der Waals surface area contributed by atoms with E-state index < -0.39 is 16.1 Å². The van der Waals surface area contributed by atoms with Crippen molar-refractivity contribution in [3.8, 4) is 16.9 Å². The number of hydrogen-bond donors (Lipinski definition) is 1. The molecule has 1 N–H and O–H groups in total. The van der Waals surface area contributed by atoms with Gasteiger partial charge in [-0.25, -0.2) is 13.1 Å². The second-order valence-corrected chi connectivity index (χ2v) is 9.27. The average Bonchev–Trinajstić information content (AvgIpc) is 3.23. The van der Waals surface area contributed by atoms with Gasteiger partial charge in [0.2, 0.25) is 10.0 Å². The summed E-state index contributed by atoms with van der Waals surface area (Å²) in [4.78, 5) is 14.9. The first-order valence-electron chi connectivity index (χ1n) is 10.1. The Kier molecular flexibility index (Phi) is 5.80. The topological polar surface area (TPSA) is 75.7 Å². The standard InChI is InChI=1S/C24H24N2O4S/c1-17(30-21-10-8-19(9-11-21)18-6-4-3-5-7-18)24(27)26-15-14-20-16-22(12-13-23(20)26)31(28,29)25-2/h3-13,16-17,25H,14-15H2,1-2H3. The highest BCUT2D eigenvalue weighted by atomic mass is 32.2. The van der Waals surface area contributed by atoms with Crippen LogP contribution in [0.15, 0.2) is 77.7 Å². The Morgan fingerprint density at radius 1 is 1.00 bits per heavy atom. The van der Waals surface area contributed by atoms with Crippen molar-refractivity contribution in [3.63, 3.8) is 0 Å². The molecule has 0 radical (unpaired) electrons. The zero-order valence-electron chi connectivity index (χ0n) is 17.4. The van der Waals surface area contributed by atoms with Gasteiger partial charge >= 0.3 is 0 Å². The second kappa shape index (κ2) is 8.53. The van der Waals surface area contributed by atoms with Crippen LogP contribution in [0.3, 0.4) is 0 Å². The van der Waals surface area contributed by atoms with Crippen molar-refractivity contribution < 1.29 is 17.9 Å². The van der Waals surface area contributed by atoms with Crippen LogP contribution >= 0.6 is 0 Å². The quantitative estimate of drug-likeness (QED) is 0.640. The fourth-order valence-electron chi connectivity index (χ4n) is 3.72. The molecule has 1 aliphatic heterocycles. The molecule has 1 unspecified atom stereocenters. The minimum absolute atomic E-state index is 0.157. The second-order valence-electron chi connectivity index (χ2n) is 7.39. The predicted molar refractivity (Wildman–Crippen MR) is 121 cm³/mol. The number of carbonyl (C=O) groups is 1. The number of fused-ring (bicyclic) bond motifs is 1. The molecular formula is C24H24N2O4S. The van der Waals surface area contributed by atoms with Crippen molar-refractivity contribution in [1.29, 1.82) is 0 Å². The Morgan fingerprint density at radius 3 is 2.35 bits per heavy atom. The number of ether oxygens (including phenoxy) is 1. The van der Waals surface area contributed by atoms with Crippen LogP contribution in [0.4, 0.5) is 5.69 Å². The summed E-state index contributed by atoms with van der Waals surface area (Å²) in [6.07, 6.45) is -0.0682. The third kappa shape index (κ3) is 4.33. The van der Waals surface area contributed by atoms with Gasteiger partial charge in [0.05, 0.1) is 4.90 Å². The summed E-state index contributed by atoms with van der Waals surface area (Å²) in [5.74, 6) is 0.463. The first-order valence-corrected chi connectivity index (χ1v) is 11.6. The molecule has 1 atom stereocenters. The van der Waals surface area contributed by atoms with Crippen molar-refractivity contribution in [3.05, 3.63) is 78.4 Å². The number of hydrogen-bond acceptors (Lipinski definition) is 4. The number of rotatable bonds is 6. The first kappa shape index (κ1) is 21.1. The van der Waals surface area contributed by atoms with Crippen molar-refractivity contribution in [2.24, 2.45) is 0 Å². The van der Waals surface area contributed by atoms with Gasteiger partial charge in [-0.2, -0.15) is 0 Å². The summed E-state index contributed by atoms with van der Waals surface area (Å²) in [5, 5.41) is 0. The largest absolute Gasteiger partial charge is 0.481 e. The van der Waals surface area contributed by atoms with Crippen LogP contribution in [0, 0.1) is 0 Å². The van der Waals surface area contributed by atoms with Gasteiger partial charge in [0, 0.05) is 12.2 Å². The molecule has 160 valence electrons. The van der Waals surface area contributed by atoms with E-state index >= 15 is 0 Å². The SMILES string of the molecule is CNS(=O)(=O)c1ccc2c(c1)CCN2C(=O)C(C)Oc1ccc(-c2ccccc2)cc1. The van der Waals surface area contributed by atoms with Crippen molar-refractivity contribution >= 4 is 21.6 Å². The zero-order chi connectivity index (χ0) is 22.0. The molecule has 1 heterocycles. The van der Waals surface area contributed by atoms with Crippen LogP contribution in [0.2, 0.25) is 0 Å². The van der Waals surface area contributed by atoms with E-state index in [1.165, 1.54) is 13.1 Å². The number of anilines is 1. The number of nitrogens with one attached hydrogen (secondary N) is 1. The molecule has 4 rings (SSSR count). The van der Waals surface area contributed by atoms with E-state index in [1.807, 2.05) is 54.6 Å². The molecule has 3 aromatic carbocycles. The van der Waals surface area contributed by atoms with Crippen LogP contribution in [-0.2, 0) is 21.2 Å². The molecule has 0 bridgehead atoms. The lowest BCUT2D eigenvalue weighted by atomic mass is 10.1. The van der Waals surface area contributed by atoms with Crippen molar-refractivity contribution in [2.75, 3.05) is 18.5 Å². The molecule has 1 amide bonds. The van der Waals surface area contributed by atoms with Gasteiger partial charge in [0.25, 0.3) is 5.91 Å². The summed E-state index contributed by atoms with van der Waals surface area (Å²) < 4.78 is 32.3. The molecule has 7 heteroatoms. The number of benzene rings is 3. The molecule has 0 saturated carbocycles. The molecule has 6 nitrogen and oxygen atoms in total. The highest BCUT2D eigenvalue weighted by molar-refractivity contribution is 7.89. The van der Waals surface area contributed by atoms with Gasteiger partial charge < -0.3 is 9.64 Å². The normalized spacial score (nSPS) is 14.2. The Bertz CT molecular complexity index is 1190. The fourth-order valence-corrected chi connectivity index (χ4v) is 4.50. The molecular weight excluding hydrogens is 412 g/mol. The maximum atomic E-state index is 13.0. The Balaban J connectivity index is 1.46. The number of carbonyl (C=O) groups excluding carboxylic acids is 1. The minimum atomic E-state index is -3.52. The van der Waals surface area contributed by atoms with Crippen molar-refractivity contribution in [1.82, 2.24) is 4.72 Å². The summed E-state index contributed by atoms with van der Waals surface area (Å²) >= 11 is 0. The third-order valence-electron chi connectivity index (χ3n) is 5.41. The average molecular weight is 437 g/mol. The van der Waals surface area contributed by atoms with Gasteiger partial charge in [0.15, 0.2) is 6.10 Å². The zero-order valence-corrected chi connectivity index (χ0v) is 18.2. The van der Waals surface area contributed by atoms with E-state index in [1.54, 1.807) is 24.0 Å². The lowest BCUT2D eigenvalue weighted by Crippen LogP contribution is -2.39. The molecule has 0 aliphatic carbocycles. The van der Waals surface area contributed by atoms with E-state index in [4.69, 9.17) is 4.74 Å². The maximum Gasteiger partial charge on any atom is 0.267 e. The van der Waals surface area contributed by atoms with Crippen LogP contribution in [-0.4, -0.2) is 34.0 Å². The van der Waals surface area contributed by atoms with Gasteiger partial charge in [-0.05, 0) is 67.4 Å². The van der Waals surface area contributed by atoms with Gasteiger partial charge in [0.1, 0.15) is 5.75 Å². The van der Waals surface area contributed by atoms with Gasteiger partial charge in [-0.3, -0.25) is 4.79 Å². The predicted octanol–water partition coefficient (Wildman–Crippen LogP) is 3.62. The summed E-state index contributed by atoms with van der Waals surface area (Å²) in [5.41, 5.74) is 3.76. The monoisotopic (exact) mass is 436 g/mol. The maximum absolute atomic E-state index is 13.0. The van der Waals surface area contributed by atoms with Crippen molar-refractivity contribution in [2.45, 2.75) is 24.3 Å². The Morgan fingerprint density at radius 2 is 1.68 bits per heavy atom. The fraction of sp³-hybridized carbons (Fsp3) is 0.208. The lowest BCUT2D eigenvalue weighted by Gasteiger charge is -2.22. The molecule has 31 heavy (non-hydrogen) atoms. The Labute approximate surface area is 182 Å². The number of nitrogens with zero attached hydrogens (tertiary/aromatic N) is 1. The molecule has 0 fully saturated rings. The van der Waals surface area contributed by atoms with Gasteiger partial charge in [-0.1, -0.05) is 42.5 Å². The van der Waals surface area contributed by atoms with E-state index in [-0.39, 0.29) is 10.8 Å². The highest BCUT2D eigenvalue weighted by Gasteiger charge is 2.30. The minimum Gasteiger partial charge on any atom is -0.481 e. The van der Waals surface area contributed by atoms with Gasteiger partial charge in [-0.15, -0.1) is 0 Å². The molecule has 1 aliphatic rings. The first-order chi connectivity index (χ1) is 14.9. The third-order valence-corrected chi connectivity index (χ3v) is 6.83. The summed E-state index contributed by atoms with van der Waals surface area (Å²) in [6.45, 7) is 2.23. The highest BCUT2D eigenvalue weighted by Crippen LogP contribution is 2.31. The molecule has 0 saturated heterocycles.